The first-order valence-electron chi connectivity index (χ1n) is 9.86. The summed E-state index contributed by atoms with van der Waals surface area (Å²) in [5, 5.41) is 6.67. The third-order valence-electron chi connectivity index (χ3n) is 5.58. The molecule has 0 spiro atoms. The zero-order valence-corrected chi connectivity index (χ0v) is 19.6. The Kier molecular flexibility index (Phi) is 7.29. The van der Waals surface area contributed by atoms with Gasteiger partial charge in [-0.2, -0.15) is 0 Å². The normalized spacial score (nSPS) is 19.7. The number of carbonyl (C=O) groups is 2. The average molecular weight is 483 g/mol. The predicted octanol–water partition coefficient (Wildman–Crippen LogP) is 4.63. The number of amides is 2. The van der Waals surface area contributed by atoms with Gasteiger partial charge in [0.2, 0.25) is 11.8 Å². The summed E-state index contributed by atoms with van der Waals surface area (Å²) in [4.78, 5) is 25.2. The third-order valence-corrected chi connectivity index (χ3v) is 8.27. The van der Waals surface area contributed by atoms with Gasteiger partial charge in [0.25, 0.3) is 0 Å². The Morgan fingerprint density at radius 2 is 1.23 bits per heavy atom. The molecule has 31 heavy (non-hydrogen) atoms. The summed E-state index contributed by atoms with van der Waals surface area (Å²) in [6, 6.07) is 10.4. The van der Waals surface area contributed by atoms with Crippen LogP contribution < -0.4 is 10.6 Å². The van der Waals surface area contributed by atoms with E-state index >= 15 is 0 Å². The molecule has 2 amide bonds. The first-order chi connectivity index (χ1) is 14.6. The minimum atomic E-state index is -3.31. The van der Waals surface area contributed by atoms with E-state index in [4.69, 9.17) is 23.2 Å². The van der Waals surface area contributed by atoms with Gasteiger partial charge in [0, 0.05) is 34.3 Å². The maximum Gasteiger partial charge on any atom is 0.224 e. The number of anilines is 2. The Balaban J connectivity index is 1.66. The fraction of sp³-hybridized carbons (Fsp3) is 0.364. The fourth-order valence-electron chi connectivity index (χ4n) is 3.81. The summed E-state index contributed by atoms with van der Waals surface area (Å²) >= 11 is 12.2. The molecule has 0 saturated carbocycles. The van der Waals surface area contributed by atoms with Crippen LogP contribution in [-0.4, -0.2) is 31.7 Å². The fourth-order valence-corrected chi connectivity index (χ4v) is 6.38. The van der Waals surface area contributed by atoms with Crippen molar-refractivity contribution in [2.45, 2.75) is 26.7 Å². The van der Waals surface area contributed by atoms with Crippen molar-refractivity contribution < 1.29 is 18.0 Å². The highest BCUT2D eigenvalue weighted by atomic mass is 35.5. The minimum Gasteiger partial charge on any atom is -0.326 e. The molecule has 2 aromatic rings. The Morgan fingerprint density at radius 3 is 1.61 bits per heavy atom. The van der Waals surface area contributed by atoms with Gasteiger partial charge in [0.1, 0.15) is 0 Å². The number of hydrogen-bond donors (Lipinski definition) is 2. The summed E-state index contributed by atoms with van der Waals surface area (Å²) in [6.07, 6.45) is 0.0264. The Bertz CT molecular complexity index is 1040. The van der Waals surface area contributed by atoms with Gasteiger partial charge in [-0.15, -0.1) is 0 Å². The standard InChI is InChI=1S/C22H24Cl2N2O4S/c1-13-17(23)5-3-7-19(13)25-21(27)9-15-11-31(29,30)12-16(15)10-22(28)26-20-8-4-6-18(24)14(20)2/h3-8,15-16H,9-12H2,1-2H3,(H,25,27)(H,26,28). The van der Waals surface area contributed by atoms with E-state index in [2.05, 4.69) is 10.6 Å². The summed E-state index contributed by atoms with van der Waals surface area (Å²) in [5.41, 5.74) is 2.65. The molecule has 0 bridgehead atoms. The van der Waals surface area contributed by atoms with Gasteiger partial charge in [-0.3, -0.25) is 9.59 Å². The van der Waals surface area contributed by atoms with Crippen LogP contribution in [0.25, 0.3) is 0 Å². The summed E-state index contributed by atoms with van der Waals surface area (Å²) in [7, 11) is -3.31. The van der Waals surface area contributed by atoms with Crippen molar-refractivity contribution in [3.8, 4) is 0 Å². The largest absolute Gasteiger partial charge is 0.326 e. The molecule has 1 fully saturated rings. The molecular formula is C22H24Cl2N2O4S. The number of halogens is 2. The van der Waals surface area contributed by atoms with Crippen LogP contribution in [-0.2, 0) is 19.4 Å². The molecule has 1 aliphatic heterocycles. The van der Waals surface area contributed by atoms with E-state index in [1.54, 1.807) is 50.2 Å². The third kappa shape index (κ3) is 5.99. The Morgan fingerprint density at radius 1 is 0.839 bits per heavy atom. The summed E-state index contributed by atoms with van der Waals surface area (Å²) in [5.74, 6) is -1.69. The lowest BCUT2D eigenvalue weighted by molar-refractivity contribution is -0.119. The molecule has 1 aliphatic rings. The van der Waals surface area contributed by atoms with Crippen LogP contribution >= 0.6 is 23.2 Å². The van der Waals surface area contributed by atoms with Crippen LogP contribution in [0.3, 0.4) is 0 Å². The first-order valence-corrected chi connectivity index (χ1v) is 12.4. The zero-order valence-electron chi connectivity index (χ0n) is 17.2. The summed E-state index contributed by atoms with van der Waals surface area (Å²) in [6.45, 7) is 3.59. The maximum atomic E-state index is 12.6. The summed E-state index contributed by atoms with van der Waals surface area (Å²) < 4.78 is 24.5. The van der Waals surface area contributed by atoms with Crippen molar-refractivity contribution in [3.05, 3.63) is 57.6 Å². The molecule has 166 valence electrons. The molecule has 2 N–H and O–H groups in total. The van der Waals surface area contributed by atoms with Crippen molar-refractivity contribution in [1.29, 1.82) is 0 Å². The maximum absolute atomic E-state index is 12.6. The monoisotopic (exact) mass is 482 g/mol. The lowest BCUT2D eigenvalue weighted by Gasteiger charge is -2.18. The molecule has 1 saturated heterocycles. The van der Waals surface area contributed by atoms with Gasteiger partial charge in [-0.25, -0.2) is 8.42 Å². The molecule has 6 nitrogen and oxygen atoms in total. The van der Waals surface area contributed by atoms with Crippen LogP contribution in [0.5, 0.6) is 0 Å². The van der Waals surface area contributed by atoms with Gasteiger partial charge in [-0.05, 0) is 61.1 Å². The highest BCUT2D eigenvalue weighted by molar-refractivity contribution is 7.91. The van der Waals surface area contributed by atoms with E-state index < -0.39 is 21.7 Å². The van der Waals surface area contributed by atoms with Crippen molar-refractivity contribution in [3.63, 3.8) is 0 Å². The highest BCUT2D eigenvalue weighted by Crippen LogP contribution is 2.32. The van der Waals surface area contributed by atoms with E-state index in [0.717, 1.165) is 11.1 Å². The SMILES string of the molecule is Cc1c(Cl)cccc1NC(=O)CC1CS(=O)(=O)CC1CC(=O)Nc1cccc(Cl)c1C. The second-order valence-corrected chi connectivity index (χ2v) is 10.9. The molecule has 2 aromatic carbocycles. The number of rotatable bonds is 6. The van der Waals surface area contributed by atoms with Crippen LogP contribution in [0.15, 0.2) is 36.4 Å². The van der Waals surface area contributed by atoms with E-state index in [0.29, 0.717) is 21.4 Å². The topological polar surface area (TPSA) is 92.3 Å². The van der Waals surface area contributed by atoms with Crippen molar-refractivity contribution in [2.24, 2.45) is 11.8 Å². The number of nitrogens with one attached hydrogen (secondary N) is 2. The first kappa shape index (κ1) is 23.6. The Hall–Kier alpha value is -2.09. The molecule has 1 heterocycles. The van der Waals surface area contributed by atoms with Gasteiger partial charge in [0.15, 0.2) is 9.84 Å². The van der Waals surface area contributed by atoms with Crippen LogP contribution in [0.4, 0.5) is 11.4 Å². The van der Waals surface area contributed by atoms with E-state index in [-0.39, 0.29) is 36.2 Å². The Labute approximate surface area is 192 Å². The number of carbonyl (C=O) groups excluding carboxylic acids is 2. The van der Waals surface area contributed by atoms with Gasteiger partial charge in [0.05, 0.1) is 11.5 Å². The number of hydrogen-bond acceptors (Lipinski definition) is 4. The van der Waals surface area contributed by atoms with Crippen molar-refractivity contribution >= 4 is 56.2 Å². The van der Waals surface area contributed by atoms with E-state index in [1.165, 1.54) is 0 Å². The van der Waals surface area contributed by atoms with Crippen molar-refractivity contribution in [1.82, 2.24) is 0 Å². The molecule has 0 aromatic heterocycles. The molecule has 0 aliphatic carbocycles. The average Bonchev–Trinajstić information content (AvgIpc) is 2.95. The van der Waals surface area contributed by atoms with E-state index in [1.807, 2.05) is 0 Å². The second kappa shape index (κ2) is 9.59. The molecule has 3 rings (SSSR count). The van der Waals surface area contributed by atoms with Gasteiger partial charge in [-0.1, -0.05) is 35.3 Å². The second-order valence-electron chi connectivity index (χ2n) is 7.93. The van der Waals surface area contributed by atoms with Crippen molar-refractivity contribution in [2.75, 3.05) is 22.1 Å². The lowest BCUT2D eigenvalue weighted by Crippen LogP contribution is -2.25. The van der Waals surface area contributed by atoms with Gasteiger partial charge >= 0.3 is 0 Å². The highest BCUT2D eigenvalue weighted by Gasteiger charge is 2.39. The van der Waals surface area contributed by atoms with Crippen LogP contribution in [0.2, 0.25) is 10.0 Å². The minimum absolute atomic E-state index is 0.0132. The lowest BCUT2D eigenvalue weighted by atomic mass is 9.89. The molecule has 9 heteroatoms. The van der Waals surface area contributed by atoms with Crippen LogP contribution in [0.1, 0.15) is 24.0 Å². The predicted molar refractivity (Wildman–Crippen MR) is 125 cm³/mol. The molecule has 0 radical (unpaired) electrons. The quantitative estimate of drug-likeness (QED) is 0.627. The molecule has 2 unspecified atom stereocenters. The van der Waals surface area contributed by atoms with Crippen LogP contribution in [0, 0.1) is 25.7 Å². The zero-order chi connectivity index (χ0) is 22.8. The smallest absolute Gasteiger partial charge is 0.224 e. The van der Waals surface area contributed by atoms with Gasteiger partial charge < -0.3 is 10.6 Å². The molecule has 2 atom stereocenters. The number of sulfone groups is 1. The number of benzene rings is 2. The van der Waals surface area contributed by atoms with E-state index in [9.17, 15) is 18.0 Å². The molecular weight excluding hydrogens is 459 g/mol.